The molecule has 2 amide bonds. The van der Waals surface area contributed by atoms with Gasteiger partial charge in [-0.3, -0.25) is 9.59 Å². The summed E-state index contributed by atoms with van der Waals surface area (Å²) in [6.07, 6.45) is 2.50. The van der Waals surface area contributed by atoms with Crippen LogP contribution < -0.4 is 5.32 Å². The number of hydrogen-bond acceptors (Lipinski definition) is 4. The molecule has 0 unspecified atom stereocenters. The predicted octanol–water partition coefficient (Wildman–Crippen LogP) is 2.17. The number of carbonyl (C=O) groups is 2. The van der Waals surface area contributed by atoms with Crippen molar-refractivity contribution >= 4 is 27.5 Å². The van der Waals surface area contributed by atoms with Gasteiger partial charge in [-0.2, -0.15) is 4.31 Å². The molecule has 4 rings (SSSR count). The van der Waals surface area contributed by atoms with Crippen LogP contribution in [0.25, 0.3) is 0 Å². The molecule has 0 atom stereocenters. The molecule has 0 saturated carbocycles. The van der Waals surface area contributed by atoms with Crippen LogP contribution in [0.1, 0.15) is 29.5 Å². The quantitative estimate of drug-likeness (QED) is 0.810. The Morgan fingerprint density at radius 3 is 2.63 bits per heavy atom. The molecule has 2 heterocycles. The lowest BCUT2D eigenvalue weighted by Gasteiger charge is -2.30. The van der Waals surface area contributed by atoms with Crippen molar-refractivity contribution in [1.29, 1.82) is 0 Å². The van der Waals surface area contributed by atoms with Crippen molar-refractivity contribution in [2.45, 2.75) is 37.1 Å². The number of anilines is 1. The van der Waals surface area contributed by atoms with Crippen molar-refractivity contribution in [3.63, 3.8) is 0 Å². The Kier molecular flexibility index (Phi) is 5.62. The topological polar surface area (TPSA) is 86.8 Å². The second kappa shape index (κ2) is 8.20. The molecule has 0 bridgehead atoms. The molecule has 0 spiro atoms. The van der Waals surface area contributed by atoms with Gasteiger partial charge in [0, 0.05) is 32.2 Å². The van der Waals surface area contributed by atoms with Gasteiger partial charge in [-0.15, -0.1) is 0 Å². The monoisotopic (exact) mass is 427 g/mol. The van der Waals surface area contributed by atoms with E-state index in [4.69, 9.17) is 0 Å². The van der Waals surface area contributed by atoms with Gasteiger partial charge in [-0.1, -0.05) is 24.3 Å². The zero-order valence-corrected chi connectivity index (χ0v) is 17.7. The summed E-state index contributed by atoms with van der Waals surface area (Å²) in [5.74, 6) is -0.271. The molecule has 0 aromatic heterocycles. The third-order valence-electron chi connectivity index (χ3n) is 5.75. The third-order valence-corrected chi connectivity index (χ3v) is 7.55. The van der Waals surface area contributed by atoms with E-state index in [0.717, 1.165) is 21.9 Å². The number of rotatable bonds is 4. The number of benzene rings is 2. The third kappa shape index (κ3) is 4.11. The predicted molar refractivity (Wildman–Crippen MR) is 113 cm³/mol. The van der Waals surface area contributed by atoms with Crippen molar-refractivity contribution in [2.24, 2.45) is 0 Å². The molecule has 2 aliphatic heterocycles. The van der Waals surface area contributed by atoms with Gasteiger partial charge < -0.3 is 10.2 Å². The molecule has 2 aliphatic rings. The number of nitrogens with zero attached hydrogens (tertiary/aromatic N) is 2. The first kappa shape index (κ1) is 20.6. The van der Waals surface area contributed by atoms with Crippen LogP contribution in [-0.4, -0.2) is 49.6 Å². The first-order valence-corrected chi connectivity index (χ1v) is 11.5. The van der Waals surface area contributed by atoms with Crippen LogP contribution in [0.2, 0.25) is 0 Å². The summed E-state index contributed by atoms with van der Waals surface area (Å²) < 4.78 is 27.2. The summed E-state index contributed by atoms with van der Waals surface area (Å²) in [7, 11) is -2.39. The Bertz CT molecular complexity index is 1100. The van der Waals surface area contributed by atoms with Crippen LogP contribution in [0, 0.1) is 0 Å². The summed E-state index contributed by atoms with van der Waals surface area (Å²) >= 11 is 0. The molecular formula is C22H25N3O4S. The highest BCUT2D eigenvalue weighted by molar-refractivity contribution is 7.89. The van der Waals surface area contributed by atoms with Gasteiger partial charge in [-0.05, 0) is 54.2 Å². The molecule has 0 fully saturated rings. The van der Waals surface area contributed by atoms with Gasteiger partial charge in [0.2, 0.25) is 21.8 Å². The Hall–Kier alpha value is -2.71. The van der Waals surface area contributed by atoms with Crippen LogP contribution in [0.15, 0.2) is 47.4 Å². The average molecular weight is 428 g/mol. The maximum Gasteiger partial charge on any atom is 0.243 e. The lowest BCUT2D eigenvalue weighted by molar-refractivity contribution is -0.132. The van der Waals surface area contributed by atoms with Crippen LogP contribution in [0.5, 0.6) is 0 Å². The van der Waals surface area contributed by atoms with Crippen molar-refractivity contribution in [2.75, 3.05) is 25.5 Å². The minimum atomic E-state index is -3.82. The fourth-order valence-corrected chi connectivity index (χ4v) is 5.15. The summed E-state index contributed by atoms with van der Waals surface area (Å²) in [5, 5.41) is 2.81. The van der Waals surface area contributed by atoms with E-state index in [-0.39, 0.29) is 23.3 Å². The molecule has 158 valence electrons. The van der Waals surface area contributed by atoms with E-state index in [2.05, 4.69) is 11.4 Å². The molecule has 30 heavy (non-hydrogen) atoms. The lowest BCUT2D eigenvalue weighted by Crippen LogP contribution is -2.43. The molecule has 0 aliphatic carbocycles. The number of likely N-dealkylation sites (N-methyl/N-ethyl adjacent to an activating group) is 1. The Morgan fingerprint density at radius 2 is 1.83 bits per heavy atom. The summed E-state index contributed by atoms with van der Waals surface area (Å²) in [4.78, 5) is 26.3. The molecular weight excluding hydrogens is 402 g/mol. The van der Waals surface area contributed by atoms with Gasteiger partial charge in [0.05, 0.1) is 11.4 Å². The zero-order chi connectivity index (χ0) is 21.3. The highest BCUT2D eigenvalue weighted by atomic mass is 32.2. The van der Waals surface area contributed by atoms with Crippen molar-refractivity contribution in [3.05, 3.63) is 59.2 Å². The van der Waals surface area contributed by atoms with Crippen LogP contribution in [-0.2, 0) is 39.0 Å². The number of hydrogen-bond donors (Lipinski definition) is 1. The highest BCUT2D eigenvalue weighted by Gasteiger charge is 2.28. The van der Waals surface area contributed by atoms with Crippen molar-refractivity contribution in [3.8, 4) is 0 Å². The van der Waals surface area contributed by atoms with Crippen molar-refractivity contribution < 1.29 is 18.0 Å². The number of sulfonamides is 1. The van der Waals surface area contributed by atoms with Gasteiger partial charge in [0.15, 0.2) is 0 Å². The van der Waals surface area contributed by atoms with Crippen LogP contribution in [0.3, 0.4) is 0 Å². The first-order valence-electron chi connectivity index (χ1n) is 10.1. The summed E-state index contributed by atoms with van der Waals surface area (Å²) in [6.45, 7) is 0.877. The zero-order valence-electron chi connectivity index (χ0n) is 16.9. The maximum absolute atomic E-state index is 13.1. The number of nitrogens with one attached hydrogen (secondary N) is 1. The molecule has 2 aromatic rings. The standard InChI is InChI=1S/C22H25N3O4S/c1-24(15-22(27)25-12-11-16-5-2-3-6-18(16)14-25)30(28,29)19-9-10-20-17(13-19)7-4-8-21(26)23-20/h2-3,5-6,9-10,13H,4,7-8,11-12,14-15H2,1H3,(H,23,26). The maximum atomic E-state index is 13.1. The SMILES string of the molecule is CN(CC(=O)N1CCc2ccccc2C1)S(=O)(=O)c1ccc2c(c1)CCCC(=O)N2. The van der Waals surface area contributed by atoms with Crippen LogP contribution in [0.4, 0.5) is 5.69 Å². The molecule has 7 nitrogen and oxygen atoms in total. The smallest absolute Gasteiger partial charge is 0.243 e. The molecule has 0 radical (unpaired) electrons. The molecule has 2 aromatic carbocycles. The van der Waals surface area contributed by atoms with Gasteiger partial charge in [-0.25, -0.2) is 8.42 Å². The first-order chi connectivity index (χ1) is 14.3. The fourth-order valence-electron chi connectivity index (χ4n) is 3.98. The van der Waals surface area contributed by atoms with E-state index in [9.17, 15) is 18.0 Å². The summed E-state index contributed by atoms with van der Waals surface area (Å²) in [6, 6.07) is 12.7. The van der Waals surface area contributed by atoms with E-state index in [1.807, 2.05) is 18.2 Å². The minimum absolute atomic E-state index is 0.0600. The number of fused-ring (bicyclic) bond motifs is 2. The van der Waals surface area contributed by atoms with E-state index in [1.165, 1.54) is 18.7 Å². The lowest BCUT2D eigenvalue weighted by atomic mass is 10.00. The summed E-state index contributed by atoms with van der Waals surface area (Å²) in [5.41, 5.74) is 3.80. The van der Waals surface area contributed by atoms with Crippen molar-refractivity contribution in [1.82, 2.24) is 9.21 Å². The van der Waals surface area contributed by atoms with Crippen LogP contribution >= 0.6 is 0 Å². The van der Waals surface area contributed by atoms with E-state index < -0.39 is 10.0 Å². The largest absolute Gasteiger partial charge is 0.337 e. The Labute approximate surface area is 176 Å². The number of carbonyl (C=O) groups excluding carboxylic acids is 2. The van der Waals surface area contributed by atoms with Gasteiger partial charge in [0.25, 0.3) is 0 Å². The highest BCUT2D eigenvalue weighted by Crippen LogP contribution is 2.26. The second-order valence-corrected chi connectivity index (χ2v) is 9.86. The average Bonchev–Trinajstić information content (AvgIpc) is 2.93. The number of amides is 2. The van der Waals surface area contributed by atoms with Gasteiger partial charge >= 0.3 is 0 Å². The van der Waals surface area contributed by atoms with E-state index in [0.29, 0.717) is 38.0 Å². The Morgan fingerprint density at radius 1 is 1.07 bits per heavy atom. The molecule has 0 saturated heterocycles. The number of aryl methyl sites for hydroxylation is 1. The minimum Gasteiger partial charge on any atom is -0.337 e. The van der Waals surface area contributed by atoms with E-state index in [1.54, 1.807) is 17.0 Å². The molecule has 1 N–H and O–H groups in total. The normalized spacial score (nSPS) is 16.5. The van der Waals surface area contributed by atoms with E-state index >= 15 is 0 Å². The fraction of sp³-hybridized carbons (Fsp3) is 0.364. The Balaban J connectivity index is 1.48. The molecule has 8 heteroatoms. The van der Waals surface area contributed by atoms with Gasteiger partial charge in [0.1, 0.15) is 0 Å². The second-order valence-electron chi connectivity index (χ2n) is 7.82.